The van der Waals surface area contributed by atoms with E-state index in [0.717, 1.165) is 6.07 Å². The summed E-state index contributed by atoms with van der Waals surface area (Å²) in [5, 5.41) is 28.6. The summed E-state index contributed by atoms with van der Waals surface area (Å²) in [6.45, 7) is 3.15. The standard InChI is InChI=1S/C12H14O5/c1-5-6(2)17-12(16)11-9(15)3-8(14)7(4-13)10(5)11/h3,5-6,13-15H,4H2,1-2H3/t5-,6+/m0/s1. The van der Waals surface area contributed by atoms with Gasteiger partial charge >= 0.3 is 5.97 Å². The van der Waals surface area contributed by atoms with E-state index < -0.39 is 12.6 Å². The Balaban J connectivity index is 2.76. The first kappa shape index (κ1) is 11.7. The van der Waals surface area contributed by atoms with Crippen LogP contribution in [0.4, 0.5) is 0 Å². The number of cyclic esters (lactones) is 1. The molecule has 5 nitrogen and oxygen atoms in total. The maximum atomic E-state index is 11.7. The number of phenols is 2. The van der Waals surface area contributed by atoms with Gasteiger partial charge in [-0.3, -0.25) is 0 Å². The van der Waals surface area contributed by atoms with Crippen LogP contribution >= 0.6 is 0 Å². The summed E-state index contributed by atoms with van der Waals surface area (Å²) >= 11 is 0. The summed E-state index contributed by atoms with van der Waals surface area (Å²) < 4.78 is 5.08. The maximum absolute atomic E-state index is 11.7. The van der Waals surface area contributed by atoms with Gasteiger partial charge in [0.25, 0.3) is 0 Å². The number of hydrogen-bond donors (Lipinski definition) is 3. The molecular weight excluding hydrogens is 224 g/mol. The molecule has 0 spiro atoms. The molecule has 0 amide bonds. The minimum absolute atomic E-state index is 0.0393. The first-order valence-electron chi connectivity index (χ1n) is 5.37. The number of aliphatic hydroxyl groups excluding tert-OH is 1. The van der Waals surface area contributed by atoms with E-state index in [-0.39, 0.29) is 34.6 Å². The van der Waals surface area contributed by atoms with Gasteiger partial charge in [-0.05, 0) is 12.5 Å². The van der Waals surface area contributed by atoms with E-state index in [9.17, 15) is 20.1 Å². The topological polar surface area (TPSA) is 87.0 Å². The van der Waals surface area contributed by atoms with Crippen LogP contribution in [0.2, 0.25) is 0 Å². The van der Waals surface area contributed by atoms with E-state index >= 15 is 0 Å². The van der Waals surface area contributed by atoms with Crippen molar-refractivity contribution in [2.24, 2.45) is 0 Å². The molecule has 1 aromatic rings. The zero-order valence-electron chi connectivity index (χ0n) is 9.60. The van der Waals surface area contributed by atoms with Crippen molar-refractivity contribution in [3.8, 4) is 11.5 Å². The van der Waals surface area contributed by atoms with E-state index in [1.165, 1.54) is 0 Å². The van der Waals surface area contributed by atoms with Gasteiger partial charge < -0.3 is 20.1 Å². The van der Waals surface area contributed by atoms with Crippen molar-refractivity contribution in [1.29, 1.82) is 0 Å². The molecule has 2 rings (SSSR count). The lowest BCUT2D eigenvalue weighted by molar-refractivity contribution is 0.0233. The number of aromatic hydroxyl groups is 2. The zero-order valence-corrected chi connectivity index (χ0v) is 9.60. The highest BCUT2D eigenvalue weighted by molar-refractivity contribution is 5.96. The number of carbonyl (C=O) groups is 1. The number of ether oxygens (including phenoxy) is 1. The second-order valence-electron chi connectivity index (χ2n) is 4.24. The van der Waals surface area contributed by atoms with E-state index in [2.05, 4.69) is 0 Å². The van der Waals surface area contributed by atoms with Crippen molar-refractivity contribution in [2.45, 2.75) is 32.5 Å². The van der Waals surface area contributed by atoms with Crippen molar-refractivity contribution in [3.63, 3.8) is 0 Å². The Morgan fingerprint density at radius 1 is 1.29 bits per heavy atom. The molecular formula is C12H14O5. The highest BCUT2D eigenvalue weighted by atomic mass is 16.5. The maximum Gasteiger partial charge on any atom is 0.342 e. The summed E-state index contributed by atoms with van der Waals surface area (Å²) in [6, 6.07) is 1.05. The van der Waals surface area contributed by atoms with Crippen molar-refractivity contribution in [2.75, 3.05) is 0 Å². The molecule has 1 aromatic carbocycles. The summed E-state index contributed by atoms with van der Waals surface area (Å²) in [5.41, 5.74) is 0.778. The summed E-state index contributed by atoms with van der Waals surface area (Å²) in [5.74, 6) is -1.35. The van der Waals surface area contributed by atoms with Crippen LogP contribution in [0, 0.1) is 0 Å². The van der Waals surface area contributed by atoms with Gasteiger partial charge in [-0.1, -0.05) is 6.92 Å². The predicted molar refractivity (Wildman–Crippen MR) is 59.0 cm³/mol. The molecule has 2 atom stereocenters. The molecule has 5 heteroatoms. The monoisotopic (exact) mass is 238 g/mol. The van der Waals surface area contributed by atoms with E-state index in [1.54, 1.807) is 6.92 Å². The van der Waals surface area contributed by atoms with Gasteiger partial charge in [0.05, 0.1) is 6.61 Å². The highest BCUT2D eigenvalue weighted by Gasteiger charge is 2.35. The molecule has 1 aliphatic rings. The quantitative estimate of drug-likeness (QED) is 0.641. The van der Waals surface area contributed by atoms with Gasteiger partial charge in [0.1, 0.15) is 23.2 Å². The van der Waals surface area contributed by atoms with Crippen LogP contribution in [0.15, 0.2) is 6.07 Å². The lowest BCUT2D eigenvalue weighted by atomic mass is 9.85. The number of esters is 1. The van der Waals surface area contributed by atoms with Crippen molar-refractivity contribution in [3.05, 3.63) is 22.8 Å². The van der Waals surface area contributed by atoms with Crippen LogP contribution in [0.5, 0.6) is 11.5 Å². The fraction of sp³-hybridized carbons (Fsp3) is 0.417. The molecule has 0 bridgehead atoms. The lowest BCUT2D eigenvalue weighted by Crippen LogP contribution is -2.29. The number of carbonyl (C=O) groups excluding carboxylic acids is 1. The molecule has 0 radical (unpaired) electrons. The SMILES string of the molecule is C[C@@H]1c2c(CO)c(O)cc(O)c2C(=O)O[C@@H]1C. The van der Waals surface area contributed by atoms with E-state index in [1.807, 2.05) is 6.92 Å². The van der Waals surface area contributed by atoms with Gasteiger partial charge in [0, 0.05) is 17.5 Å². The molecule has 0 saturated heterocycles. The Morgan fingerprint density at radius 3 is 2.53 bits per heavy atom. The minimum Gasteiger partial charge on any atom is -0.507 e. The van der Waals surface area contributed by atoms with Gasteiger partial charge in [-0.2, -0.15) is 0 Å². The molecule has 0 saturated carbocycles. The molecule has 0 aromatic heterocycles. The minimum atomic E-state index is -0.627. The van der Waals surface area contributed by atoms with Crippen molar-refractivity contribution in [1.82, 2.24) is 0 Å². The second-order valence-corrected chi connectivity index (χ2v) is 4.24. The lowest BCUT2D eigenvalue weighted by Gasteiger charge is -2.30. The number of aliphatic hydroxyl groups is 1. The molecule has 1 heterocycles. The third-order valence-electron chi connectivity index (χ3n) is 3.25. The first-order valence-corrected chi connectivity index (χ1v) is 5.37. The normalized spacial score (nSPS) is 23.1. The van der Waals surface area contributed by atoms with Crippen LogP contribution < -0.4 is 0 Å². The number of fused-ring (bicyclic) bond motifs is 1. The number of rotatable bonds is 1. The van der Waals surface area contributed by atoms with Gasteiger partial charge in [0.15, 0.2) is 0 Å². The van der Waals surface area contributed by atoms with Gasteiger partial charge in [-0.15, -0.1) is 0 Å². The Hall–Kier alpha value is -1.75. The third kappa shape index (κ3) is 1.63. The third-order valence-corrected chi connectivity index (χ3v) is 3.25. The number of phenolic OH excluding ortho intramolecular Hbond substituents is 1. The van der Waals surface area contributed by atoms with Crippen LogP contribution in [-0.4, -0.2) is 27.4 Å². The summed E-state index contributed by atoms with van der Waals surface area (Å²) in [6.07, 6.45) is -0.360. The van der Waals surface area contributed by atoms with Crippen molar-refractivity contribution < 1.29 is 24.9 Å². The molecule has 17 heavy (non-hydrogen) atoms. The second kappa shape index (κ2) is 3.92. The average molecular weight is 238 g/mol. The van der Waals surface area contributed by atoms with Crippen LogP contribution in [-0.2, 0) is 11.3 Å². The summed E-state index contributed by atoms with van der Waals surface area (Å²) in [4.78, 5) is 11.7. The number of benzene rings is 1. The zero-order chi connectivity index (χ0) is 12.7. The Kier molecular flexibility index (Phi) is 2.71. The molecule has 3 N–H and O–H groups in total. The smallest absolute Gasteiger partial charge is 0.342 e. The van der Waals surface area contributed by atoms with Gasteiger partial charge in [0.2, 0.25) is 0 Å². The first-order chi connectivity index (χ1) is 7.97. The largest absolute Gasteiger partial charge is 0.507 e. The van der Waals surface area contributed by atoms with Crippen LogP contribution in [0.25, 0.3) is 0 Å². The highest BCUT2D eigenvalue weighted by Crippen LogP contribution is 2.41. The Morgan fingerprint density at radius 2 is 1.94 bits per heavy atom. The van der Waals surface area contributed by atoms with Gasteiger partial charge in [-0.25, -0.2) is 4.79 Å². The number of hydrogen-bond acceptors (Lipinski definition) is 5. The van der Waals surface area contributed by atoms with Crippen LogP contribution in [0.3, 0.4) is 0 Å². The fourth-order valence-electron chi connectivity index (χ4n) is 2.16. The molecule has 0 aliphatic carbocycles. The molecule has 1 aliphatic heterocycles. The molecule has 0 fully saturated rings. The van der Waals surface area contributed by atoms with E-state index in [0.29, 0.717) is 5.56 Å². The summed E-state index contributed by atoms with van der Waals surface area (Å²) in [7, 11) is 0. The predicted octanol–water partition coefficient (Wildman–Crippen LogP) is 1.25. The average Bonchev–Trinajstić information content (AvgIpc) is 2.25. The fourth-order valence-corrected chi connectivity index (χ4v) is 2.16. The van der Waals surface area contributed by atoms with E-state index in [4.69, 9.17) is 4.74 Å². The molecule has 92 valence electrons. The van der Waals surface area contributed by atoms with Crippen LogP contribution in [0.1, 0.15) is 41.3 Å². The Bertz CT molecular complexity index is 480. The van der Waals surface area contributed by atoms with Crippen molar-refractivity contribution >= 4 is 5.97 Å². The molecule has 0 unspecified atom stereocenters. The Labute approximate surface area is 98.3 Å².